The van der Waals surface area contributed by atoms with E-state index in [1.807, 2.05) is 32.2 Å². The van der Waals surface area contributed by atoms with Gasteiger partial charge in [0.05, 0.1) is 0 Å². The lowest BCUT2D eigenvalue weighted by molar-refractivity contribution is 0.887. The summed E-state index contributed by atoms with van der Waals surface area (Å²) in [5, 5.41) is 8.41. The van der Waals surface area contributed by atoms with Gasteiger partial charge in [0.25, 0.3) is 5.56 Å². The molecule has 4 aromatic heterocycles. The summed E-state index contributed by atoms with van der Waals surface area (Å²) >= 11 is 5.83. The van der Waals surface area contributed by atoms with Crippen LogP contribution in [0.1, 0.15) is 11.1 Å². The maximum Gasteiger partial charge on any atom is 0.275 e. The van der Waals surface area contributed by atoms with Crippen molar-refractivity contribution in [3.05, 3.63) is 63.8 Å². The molecule has 0 atom stereocenters. The Morgan fingerprint density at radius 3 is 2.32 bits per heavy atom. The number of halogens is 1. The van der Waals surface area contributed by atoms with Crippen molar-refractivity contribution in [2.45, 2.75) is 13.8 Å². The summed E-state index contributed by atoms with van der Waals surface area (Å²) in [5.41, 5.74) is 3.44. The van der Waals surface area contributed by atoms with Gasteiger partial charge in [-0.15, -0.1) is 0 Å². The molecule has 8 heteroatoms. The van der Waals surface area contributed by atoms with E-state index in [2.05, 4.69) is 20.2 Å². The van der Waals surface area contributed by atoms with Crippen LogP contribution in [0.2, 0.25) is 5.15 Å². The molecule has 0 spiro atoms. The SMILES string of the molecule is Cc1ccn2nc[nH]c(=O)c12.Cc1ccn2ncnc(Cl)c12. The summed E-state index contributed by atoms with van der Waals surface area (Å²) in [6.07, 6.45) is 6.45. The van der Waals surface area contributed by atoms with Gasteiger partial charge in [0.15, 0.2) is 5.15 Å². The van der Waals surface area contributed by atoms with Crippen LogP contribution in [-0.2, 0) is 0 Å². The first-order valence-corrected chi connectivity index (χ1v) is 6.92. The van der Waals surface area contributed by atoms with E-state index in [-0.39, 0.29) is 5.56 Å². The number of aromatic amines is 1. The summed E-state index contributed by atoms with van der Waals surface area (Å²) in [6.45, 7) is 3.86. The minimum atomic E-state index is -0.0949. The van der Waals surface area contributed by atoms with Gasteiger partial charge in [-0.3, -0.25) is 4.79 Å². The highest BCUT2D eigenvalue weighted by molar-refractivity contribution is 6.32. The first kappa shape index (κ1) is 14.3. The zero-order valence-corrected chi connectivity index (χ0v) is 12.7. The number of hydrogen-bond donors (Lipinski definition) is 1. The van der Waals surface area contributed by atoms with Gasteiger partial charge in [0.1, 0.15) is 23.7 Å². The van der Waals surface area contributed by atoms with Crippen LogP contribution in [-0.4, -0.2) is 29.2 Å². The molecule has 0 aromatic carbocycles. The lowest BCUT2D eigenvalue weighted by atomic mass is 10.3. The number of aromatic nitrogens is 6. The molecule has 4 aromatic rings. The van der Waals surface area contributed by atoms with E-state index in [1.165, 1.54) is 12.7 Å². The minimum Gasteiger partial charge on any atom is -0.310 e. The Morgan fingerprint density at radius 1 is 1.05 bits per heavy atom. The Balaban J connectivity index is 0.000000131. The molecular formula is C14H13ClN6O. The van der Waals surface area contributed by atoms with E-state index < -0.39 is 0 Å². The zero-order chi connectivity index (χ0) is 15.7. The molecule has 0 unspecified atom stereocenters. The fourth-order valence-corrected chi connectivity index (χ4v) is 2.46. The molecule has 0 amide bonds. The van der Waals surface area contributed by atoms with Crippen LogP contribution in [0.3, 0.4) is 0 Å². The summed E-state index contributed by atoms with van der Waals surface area (Å²) in [5.74, 6) is 0. The Labute approximate surface area is 130 Å². The van der Waals surface area contributed by atoms with E-state index in [9.17, 15) is 4.79 Å². The number of hydrogen-bond acceptors (Lipinski definition) is 4. The van der Waals surface area contributed by atoms with Crippen LogP contribution in [0.4, 0.5) is 0 Å². The highest BCUT2D eigenvalue weighted by Gasteiger charge is 2.03. The third-order valence-electron chi connectivity index (χ3n) is 3.27. The number of nitrogens with zero attached hydrogens (tertiary/aromatic N) is 5. The summed E-state index contributed by atoms with van der Waals surface area (Å²) in [4.78, 5) is 17.5. The first-order valence-electron chi connectivity index (χ1n) is 6.54. The molecule has 0 saturated heterocycles. The Hall–Kier alpha value is -2.67. The van der Waals surface area contributed by atoms with Gasteiger partial charge in [-0.05, 0) is 37.1 Å². The monoisotopic (exact) mass is 316 g/mol. The molecule has 0 aliphatic rings. The third-order valence-corrected chi connectivity index (χ3v) is 3.55. The van der Waals surface area contributed by atoms with Crippen molar-refractivity contribution in [3.8, 4) is 0 Å². The van der Waals surface area contributed by atoms with Crippen molar-refractivity contribution in [1.29, 1.82) is 0 Å². The van der Waals surface area contributed by atoms with Gasteiger partial charge in [-0.1, -0.05) is 11.6 Å². The molecule has 22 heavy (non-hydrogen) atoms. The summed E-state index contributed by atoms with van der Waals surface area (Å²) < 4.78 is 3.28. The summed E-state index contributed by atoms with van der Waals surface area (Å²) in [6, 6.07) is 3.81. The number of rotatable bonds is 0. The van der Waals surface area contributed by atoms with Gasteiger partial charge in [0, 0.05) is 12.4 Å². The smallest absolute Gasteiger partial charge is 0.275 e. The van der Waals surface area contributed by atoms with Gasteiger partial charge in [-0.25, -0.2) is 14.0 Å². The van der Waals surface area contributed by atoms with Crippen molar-refractivity contribution in [3.63, 3.8) is 0 Å². The predicted octanol–water partition coefficient (Wildman–Crippen LogP) is 2.02. The molecule has 0 fully saturated rings. The molecule has 0 bridgehead atoms. The molecule has 0 saturated carbocycles. The van der Waals surface area contributed by atoms with Crippen LogP contribution >= 0.6 is 11.6 Å². The zero-order valence-electron chi connectivity index (χ0n) is 12.0. The van der Waals surface area contributed by atoms with Gasteiger partial charge in [-0.2, -0.15) is 10.2 Å². The molecule has 0 aliphatic carbocycles. The number of aryl methyl sites for hydroxylation is 2. The Kier molecular flexibility index (Phi) is 3.64. The molecule has 4 rings (SSSR count). The fourth-order valence-electron chi connectivity index (χ4n) is 2.18. The van der Waals surface area contributed by atoms with E-state index >= 15 is 0 Å². The second-order valence-electron chi connectivity index (χ2n) is 4.75. The van der Waals surface area contributed by atoms with Crippen molar-refractivity contribution < 1.29 is 0 Å². The lowest BCUT2D eigenvalue weighted by Crippen LogP contribution is -2.10. The maximum atomic E-state index is 11.1. The van der Waals surface area contributed by atoms with Gasteiger partial charge < -0.3 is 4.98 Å². The van der Waals surface area contributed by atoms with Crippen LogP contribution in [0.5, 0.6) is 0 Å². The maximum absolute atomic E-state index is 11.1. The van der Waals surface area contributed by atoms with Crippen molar-refractivity contribution in [2.75, 3.05) is 0 Å². The second kappa shape index (κ2) is 5.61. The van der Waals surface area contributed by atoms with Crippen LogP contribution in [0.15, 0.2) is 42.0 Å². The van der Waals surface area contributed by atoms with E-state index in [0.29, 0.717) is 10.7 Å². The Morgan fingerprint density at radius 2 is 1.68 bits per heavy atom. The number of fused-ring (bicyclic) bond motifs is 2. The van der Waals surface area contributed by atoms with E-state index in [4.69, 9.17) is 11.6 Å². The van der Waals surface area contributed by atoms with Crippen molar-refractivity contribution >= 4 is 22.6 Å². The quantitative estimate of drug-likeness (QED) is 0.538. The third kappa shape index (κ3) is 2.46. The molecule has 0 radical (unpaired) electrons. The second-order valence-corrected chi connectivity index (χ2v) is 5.11. The molecular weight excluding hydrogens is 304 g/mol. The van der Waals surface area contributed by atoms with Crippen LogP contribution in [0, 0.1) is 13.8 Å². The van der Waals surface area contributed by atoms with Crippen molar-refractivity contribution in [1.82, 2.24) is 29.2 Å². The average Bonchev–Trinajstić information content (AvgIpc) is 3.06. The molecule has 1 N–H and O–H groups in total. The van der Waals surface area contributed by atoms with Gasteiger partial charge >= 0.3 is 0 Å². The minimum absolute atomic E-state index is 0.0949. The molecule has 0 aliphatic heterocycles. The van der Waals surface area contributed by atoms with Gasteiger partial charge in [0.2, 0.25) is 0 Å². The van der Waals surface area contributed by atoms with E-state index in [0.717, 1.165) is 16.6 Å². The molecule has 112 valence electrons. The normalized spacial score (nSPS) is 10.7. The largest absolute Gasteiger partial charge is 0.310 e. The number of H-pyrrole nitrogens is 1. The Bertz CT molecular complexity index is 999. The van der Waals surface area contributed by atoms with E-state index in [1.54, 1.807) is 15.2 Å². The van der Waals surface area contributed by atoms with Crippen LogP contribution in [0.25, 0.3) is 11.0 Å². The standard InChI is InChI=1S/C7H6ClN3.C7H7N3O/c1-5-2-3-11-6(5)7(8)9-4-10-11;1-5-2-3-10-6(5)7(11)8-4-9-10/h2-4H,1H3;2-4H,1H3,(H,8,9,11). The number of nitrogens with one attached hydrogen (secondary N) is 1. The highest BCUT2D eigenvalue weighted by Crippen LogP contribution is 2.16. The van der Waals surface area contributed by atoms with Crippen LogP contribution < -0.4 is 5.56 Å². The average molecular weight is 317 g/mol. The van der Waals surface area contributed by atoms with Crippen molar-refractivity contribution in [2.24, 2.45) is 0 Å². The first-order chi connectivity index (χ1) is 10.6. The lowest BCUT2D eigenvalue weighted by Gasteiger charge is -1.94. The highest BCUT2D eigenvalue weighted by atomic mass is 35.5. The molecule has 7 nitrogen and oxygen atoms in total. The fraction of sp³-hybridized carbons (Fsp3) is 0.143. The predicted molar refractivity (Wildman–Crippen MR) is 83.3 cm³/mol. The topological polar surface area (TPSA) is 80.4 Å². The molecule has 4 heterocycles. The summed E-state index contributed by atoms with van der Waals surface area (Å²) in [7, 11) is 0.